The molecule has 0 saturated carbocycles. The Hall–Kier alpha value is -1.16. The lowest BCUT2D eigenvalue weighted by atomic mass is 10.1. The van der Waals surface area contributed by atoms with Crippen LogP contribution in [0.2, 0.25) is 0 Å². The molecule has 1 aromatic rings. The first-order valence-electron chi connectivity index (χ1n) is 3.43. The number of hydrogen-bond acceptors (Lipinski definition) is 3. The summed E-state index contributed by atoms with van der Waals surface area (Å²) in [7, 11) is 0. The minimum atomic E-state index is -0.236. The van der Waals surface area contributed by atoms with Crippen LogP contribution in [-0.2, 0) is 0 Å². The Morgan fingerprint density at radius 2 is 2.36 bits per heavy atom. The van der Waals surface area contributed by atoms with Gasteiger partial charge in [-0.15, -0.1) is 0 Å². The molecular weight excluding hydrogens is 142 g/mol. The monoisotopic (exact) mass is 153 g/mol. The molecule has 1 rings (SSSR count). The minimum Gasteiger partial charge on any atom is -0.324 e. The number of H-pyrrole nitrogens is 1. The summed E-state index contributed by atoms with van der Waals surface area (Å²) in [5.41, 5.74) is 6.69. The Labute approximate surface area is 64.4 Å². The highest BCUT2D eigenvalue weighted by Gasteiger charge is 2.04. The Morgan fingerprint density at radius 1 is 1.73 bits per heavy atom. The molecule has 4 heteroatoms. The van der Waals surface area contributed by atoms with Crippen molar-refractivity contribution < 1.29 is 0 Å². The molecule has 11 heavy (non-hydrogen) atoms. The highest BCUT2D eigenvalue weighted by Crippen LogP contribution is 2.02. The van der Waals surface area contributed by atoms with Crippen molar-refractivity contribution in [3.05, 3.63) is 27.7 Å². The molecule has 60 valence electrons. The maximum Gasteiger partial charge on any atom is 0.268 e. The number of hydrogen-bond donors (Lipinski definition) is 2. The standard InChI is InChI=1S/C7H11N3O/c1-4-3-6(5(2)8)7(11)10-9-4/h3,5H,8H2,1-2H3,(H,10,11). The van der Waals surface area contributed by atoms with Gasteiger partial charge in [0.25, 0.3) is 5.56 Å². The Balaban J connectivity index is 3.24. The SMILES string of the molecule is Cc1cc(C(C)N)c(=O)[nH]n1. The average Bonchev–Trinajstić information content (AvgIpc) is 1.94. The van der Waals surface area contributed by atoms with E-state index in [1.165, 1.54) is 0 Å². The molecule has 0 aliphatic rings. The Bertz CT molecular complexity index is 303. The van der Waals surface area contributed by atoms with Crippen LogP contribution < -0.4 is 11.3 Å². The quantitative estimate of drug-likeness (QED) is 0.601. The number of nitrogens with zero attached hydrogens (tertiary/aromatic N) is 1. The van der Waals surface area contributed by atoms with E-state index in [9.17, 15) is 4.79 Å². The van der Waals surface area contributed by atoms with Crippen LogP contribution in [0.1, 0.15) is 24.2 Å². The van der Waals surface area contributed by atoms with Crippen molar-refractivity contribution in [2.24, 2.45) is 5.73 Å². The van der Waals surface area contributed by atoms with Gasteiger partial charge in [-0.05, 0) is 19.9 Å². The van der Waals surface area contributed by atoms with E-state index in [2.05, 4.69) is 10.2 Å². The third-order valence-electron chi connectivity index (χ3n) is 1.45. The molecule has 0 spiro atoms. The molecule has 0 bridgehead atoms. The van der Waals surface area contributed by atoms with E-state index in [1.807, 2.05) is 6.92 Å². The van der Waals surface area contributed by atoms with Crippen molar-refractivity contribution in [1.82, 2.24) is 10.2 Å². The van der Waals surface area contributed by atoms with Crippen LogP contribution in [0.15, 0.2) is 10.9 Å². The lowest BCUT2D eigenvalue weighted by Crippen LogP contribution is -2.20. The van der Waals surface area contributed by atoms with Crippen molar-refractivity contribution in [3.8, 4) is 0 Å². The van der Waals surface area contributed by atoms with Crippen LogP contribution in [0, 0.1) is 6.92 Å². The summed E-state index contributed by atoms with van der Waals surface area (Å²) >= 11 is 0. The molecule has 1 aromatic heterocycles. The van der Waals surface area contributed by atoms with Gasteiger partial charge in [0.1, 0.15) is 0 Å². The summed E-state index contributed by atoms with van der Waals surface area (Å²) in [6.45, 7) is 3.58. The molecule has 0 fully saturated rings. The second kappa shape index (κ2) is 2.84. The highest BCUT2D eigenvalue weighted by atomic mass is 16.1. The van der Waals surface area contributed by atoms with Crippen molar-refractivity contribution in [1.29, 1.82) is 0 Å². The first-order chi connectivity index (χ1) is 5.11. The van der Waals surface area contributed by atoms with Gasteiger partial charge in [0.15, 0.2) is 0 Å². The van der Waals surface area contributed by atoms with Gasteiger partial charge in [-0.2, -0.15) is 5.10 Å². The zero-order chi connectivity index (χ0) is 8.43. The van der Waals surface area contributed by atoms with Gasteiger partial charge in [-0.3, -0.25) is 4.79 Å². The Kier molecular flexibility index (Phi) is 2.05. The van der Waals surface area contributed by atoms with Crippen molar-refractivity contribution in [2.75, 3.05) is 0 Å². The molecule has 1 unspecified atom stereocenters. The van der Waals surface area contributed by atoms with Gasteiger partial charge in [0, 0.05) is 11.6 Å². The molecule has 0 radical (unpaired) electrons. The van der Waals surface area contributed by atoms with Crippen LogP contribution in [0.5, 0.6) is 0 Å². The molecule has 4 nitrogen and oxygen atoms in total. The zero-order valence-corrected chi connectivity index (χ0v) is 6.59. The van der Waals surface area contributed by atoms with Crippen LogP contribution in [0.4, 0.5) is 0 Å². The van der Waals surface area contributed by atoms with E-state index in [1.54, 1.807) is 13.0 Å². The fraction of sp³-hybridized carbons (Fsp3) is 0.429. The molecule has 1 atom stereocenters. The van der Waals surface area contributed by atoms with Crippen molar-refractivity contribution in [3.63, 3.8) is 0 Å². The number of nitrogens with one attached hydrogen (secondary N) is 1. The smallest absolute Gasteiger partial charge is 0.268 e. The predicted molar refractivity (Wildman–Crippen MR) is 42.2 cm³/mol. The Morgan fingerprint density at radius 3 is 2.82 bits per heavy atom. The van der Waals surface area contributed by atoms with Gasteiger partial charge >= 0.3 is 0 Å². The largest absolute Gasteiger partial charge is 0.324 e. The van der Waals surface area contributed by atoms with Gasteiger partial charge in [0.05, 0.1) is 5.69 Å². The summed E-state index contributed by atoms with van der Waals surface area (Å²) in [6.07, 6.45) is 0. The summed E-state index contributed by atoms with van der Waals surface area (Å²) in [5.74, 6) is 0. The molecule has 1 heterocycles. The van der Waals surface area contributed by atoms with Crippen LogP contribution >= 0.6 is 0 Å². The van der Waals surface area contributed by atoms with E-state index >= 15 is 0 Å². The lowest BCUT2D eigenvalue weighted by Gasteiger charge is -2.02. The van der Waals surface area contributed by atoms with Gasteiger partial charge in [-0.1, -0.05) is 0 Å². The fourth-order valence-electron chi connectivity index (χ4n) is 0.865. The van der Waals surface area contributed by atoms with E-state index in [0.717, 1.165) is 5.69 Å². The molecule has 0 aliphatic carbocycles. The first kappa shape index (κ1) is 7.94. The van der Waals surface area contributed by atoms with E-state index in [4.69, 9.17) is 5.73 Å². The van der Waals surface area contributed by atoms with Crippen LogP contribution in [-0.4, -0.2) is 10.2 Å². The summed E-state index contributed by atoms with van der Waals surface area (Å²) in [5, 5.41) is 6.09. The van der Waals surface area contributed by atoms with Crippen LogP contribution in [0.3, 0.4) is 0 Å². The second-order valence-electron chi connectivity index (χ2n) is 2.58. The molecular formula is C7H11N3O. The summed E-state index contributed by atoms with van der Waals surface area (Å²) in [6, 6.07) is 1.46. The number of rotatable bonds is 1. The van der Waals surface area contributed by atoms with E-state index in [0.29, 0.717) is 5.56 Å². The molecule has 0 saturated heterocycles. The normalized spacial score (nSPS) is 13.0. The molecule has 0 amide bonds. The third-order valence-corrected chi connectivity index (χ3v) is 1.45. The zero-order valence-electron chi connectivity index (χ0n) is 6.59. The minimum absolute atomic E-state index is 0.203. The highest BCUT2D eigenvalue weighted by molar-refractivity contribution is 5.14. The number of aromatic nitrogens is 2. The van der Waals surface area contributed by atoms with E-state index in [-0.39, 0.29) is 11.6 Å². The van der Waals surface area contributed by atoms with E-state index < -0.39 is 0 Å². The topological polar surface area (TPSA) is 71.8 Å². The molecule has 0 aliphatic heterocycles. The average molecular weight is 153 g/mol. The third kappa shape index (κ3) is 1.65. The van der Waals surface area contributed by atoms with Crippen molar-refractivity contribution >= 4 is 0 Å². The predicted octanol–water partition coefficient (Wildman–Crippen LogP) is 0.0980. The summed E-state index contributed by atoms with van der Waals surface area (Å²) in [4.78, 5) is 11.0. The maximum atomic E-state index is 11.0. The lowest BCUT2D eigenvalue weighted by molar-refractivity contribution is 0.776. The van der Waals surface area contributed by atoms with Crippen LogP contribution in [0.25, 0.3) is 0 Å². The summed E-state index contributed by atoms with van der Waals surface area (Å²) < 4.78 is 0. The van der Waals surface area contributed by atoms with Gasteiger partial charge in [-0.25, -0.2) is 5.10 Å². The van der Waals surface area contributed by atoms with Crippen molar-refractivity contribution in [2.45, 2.75) is 19.9 Å². The number of aromatic amines is 1. The number of aryl methyl sites for hydroxylation is 1. The molecule has 3 N–H and O–H groups in total. The second-order valence-corrected chi connectivity index (χ2v) is 2.58. The van der Waals surface area contributed by atoms with Gasteiger partial charge < -0.3 is 5.73 Å². The molecule has 0 aromatic carbocycles. The maximum absolute atomic E-state index is 11.0. The number of nitrogens with two attached hydrogens (primary N) is 1. The van der Waals surface area contributed by atoms with Gasteiger partial charge in [0.2, 0.25) is 0 Å². The first-order valence-corrected chi connectivity index (χ1v) is 3.43. The fourth-order valence-corrected chi connectivity index (χ4v) is 0.865.